The summed E-state index contributed by atoms with van der Waals surface area (Å²) < 4.78 is 19.7. The lowest BCUT2D eigenvalue weighted by Gasteiger charge is -2.26. The predicted molar refractivity (Wildman–Crippen MR) is 103 cm³/mol. The minimum atomic E-state index is -0.238. The lowest BCUT2D eigenvalue weighted by atomic mass is 10.0. The van der Waals surface area contributed by atoms with E-state index in [-0.39, 0.29) is 17.9 Å². The summed E-state index contributed by atoms with van der Waals surface area (Å²) in [7, 11) is 0. The van der Waals surface area contributed by atoms with Crippen LogP contribution in [-0.2, 0) is 0 Å². The number of nitrogens with one attached hydrogen (secondary N) is 1. The Bertz CT molecular complexity index is 957. The molecule has 6 heteroatoms. The number of hydrogen-bond donors (Lipinski definition) is 1. The van der Waals surface area contributed by atoms with Gasteiger partial charge in [0.1, 0.15) is 23.4 Å². The number of benzene rings is 1. The summed E-state index contributed by atoms with van der Waals surface area (Å²) in [6.07, 6.45) is 1.76. The number of aryl methyl sites for hydroxylation is 2. The van der Waals surface area contributed by atoms with Crippen molar-refractivity contribution in [1.82, 2.24) is 10.3 Å². The van der Waals surface area contributed by atoms with Crippen LogP contribution in [0.5, 0.6) is 0 Å². The maximum Gasteiger partial charge on any atom is 0.174 e. The summed E-state index contributed by atoms with van der Waals surface area (Å²) in [6, 6.07) is 14.3. The zero-order valence-corrected chi connectivity index (χ0v) is 15.3. The summed E-state index contributed by atoms with van der Waals surface area (Å²) in [6.45, 7) is 3.65. The third kappa shape index (κ3) is 2.86. The Morgan fingerprint density at radius 1 is 1.15 bits per heavy atom. The Labute approximate surface area is 156 Å². The van der Waals surface area contributed by atoms with Gasteiger partial charge in [-0.05, 0) is 74.1 Å². The number of aromatic nitrogens is 1. The van der Waals surface area contributed by atoms with E-state index in [1.165, 1.54) is 6.07 Å². The van der Waals surface area contributed by atoms with Crippen molar-refractivity contribution in [2.24, 2.45) is 0 Å². The van der Waals surface area contributed by atoms with Crippen LogP contribution in [0.15, 0.2) is 59.1 Å². The third-order valence-electron chi connectivity index (χ3n) is 4.57. The van der Waals surface area contributed by atoms with Gasteiger partial charge in [-0.1, -0.05) is 6.07 Å². The number of halogens is 1. The Balaban J connectivity index is 1.83. The number of nitrogens with zero attached hydrogens (tertiary/aromatic N) is 2. The van der Waals surface area contributed by atoms with Crippen LogP contribution >= 0.6 is 12.2 Å². The van der Waals surface area contributed by atoms with Crippen molar-refractivity contribution in [2.45, 2.75) is 25.9 Å². The van der Waals surface area contributed by atoms with E-state index in [1.807, 2.05) is 42.2 Å². The van der Waals surface area contributed by atoms with Crippen molar-refractivity contribution in [3.63, 3.8) is 0 Å². The van der Waals surface area contributed by atoms with Gasteiger partial charge in [-0.2, -0.15) is 0 Å². The second kappa shape index (κ2) is 6.53. The second-order valence-corrected chi connectivity index (χ2v) is 6.77. The fraction of sp³-hybridized carbons (Fsp3) is 0.200. The highest BCUT2D eigenvalue weighted by Gasteiger charge is 2.42. The fourth-order valence-electron chi connectivity index (χ4n) is 3.31. The smallest absolute Gasteiger partial charge is 0.174 e. The van der Waals surface area contributed by atoms with Gasteiger partial charge in [0.05, 0.1) is 11.7 Å². The van der Waals surface area contributed by atoms with Gasteiger partial charge in [0, 0.05) is 11.9 Å². The molecule has 132 valence electrons. The molecule has 0 bridgehead atoms. The fourth-order valence-corrected chi connectivity index (χ4v) is 3.66. The molecule has 4 nitrogen and oxygen atoms in total. The van der Waals surface area contributed by atoms with Gasteiger partial charge < -0.3 is 14.6 Å². The molecule has 26 heavy (non-hydrogen) atoms. The third-order valence-corrected chi connectivity index (χ3v) is 4.88. The molecule has 0 saturated carbocycles. The minimum Gasteiger partial charge on any atom is -0.464 e. The van der Waals surface area contributed by atoms with Crippen LogP contribution < -0.4 is 10.2 Å². The molecule has 1 N–H and O–H groups in total. The number of rotatable bonds is 3. The van der Waals surface area contributed by atoms with E-state index in [1.54, 1.807) is 25.3 Å². The molecule has 0 aliphatic carbocycles. The van der Waals surface area contributed by atoms with Gasteiger partial charge >= 0.3 is 0 Å². The number of thiocarbonyl (C=S) groups is 1. The van der Waals surface area contributed by atoms with E-state index in [0.29, 0.717) is 10.7 Å². The summed E-state index contributed by atoms with van der Waals surface area (Å²) in [4.78, 5) is 6.46. The predicted octanol–water partition coefficient (Wildman–Crippen LogP) is 4.61. The Morgan fingerprint density at radius 3 is 2.65 bits per heavy atom. The zero-order chi connectivity index (χ0) is 18.3. The maximum absolute atomic E-state index is 13.8. The first-order chi connectivity index (χ1) is 12.5. The van der Waals surface area contributed by atoms with Gasteiger partial charge in [-0.25, -0.2) is 4.39 Å². The van der Waals surface area contributed by atoms with Gasteiger partial charge in [0.2, 0.25) is 0 Å². The quantitative estimate of drug-likeness (QED) is 0.685. The van der Waals surface area contributed by atoms with Gasteiger partial charge in [-0.3, -0.25) is 4.98 Å². The topological polar surface area (TPSA) is 41.3 Å². The average molecular weight is 367 g/mol. The molecular weight excluding hydrogens is 349 g/mol. The van der Waals surface area contributed by atoms with E-state index < -0.39 is 0 Å². The zero-order valence-electron chi connectivity index (χ0n) is 14.4. The normalized spacial score (nSPS) is 19.7. The Kier molecular flexibility index (Phi) is 4.20. The Hall–Kier alpha value is -2.73. The highest BCUT2D eigenvalue weighted by Crippen LogP contribution is 2.42. The molecule has 1 aliphatic heterocycles. The average Bonchev–Trinajstić information content (AvgIpc) is 3.21. The summed E-state index contributed by atoms with van der Waals surface area (Å²) in [5, 5.41) is 3.91. The van der Waals surface area contributed by atoms with Crippen LogP contribution in [0.1, 0.15) is 34.9 Å². The van der Waals surface area contributed by atoms with E-state index in [9.17, 15) is 4.39 Å². The van der Waals surface area contributed by atoms with Gasteiger partial charge in [0.15, 0.2) is 5.11 Å². The SMILES string of the molecule is Cc1ccc(C2C(c3ccccn3)NC(=S)N2c2ccc(F)c(C)c2)o1. The largest absolute Gasteiger partial charge is 0.464 e. The number of anilines is 1. The molecule has 0 amide bonds. The monoisotopic (exact) mass is 367 g/mol. The highest BCUT2D eigenvalue weighted by atomic mass is 32.1. The molecule has 3 heterocycles. The summed E-state index contributed by atoms with van der Waals surface area (Å²) >= 11 is 5.61. The van der Waals surface area contributed by atoms with Crippen LogP contribution in [0.25, 0.3) is 0 Å². The highest BCUT2D eigenvalue weighted by molar-refractivity contribution is 7.80. The molecule has 2 unspecified atom stereocenters. The summed E-state index contributed by atoms with van der Waals surface area (Å²) in [5.41, 5.74) is 2.26. The lowest BCUT2D eigenvalue weighted by molar-refractivity contribution is 0.418. The van der Waals surface area contributed by atoms with Crippen LogP contribution in [-0.4, -0.2) is 10.1 Å². The number of furan rings is 1. The molecule has 2 aromatic heterocycles. The first-order valence-electron chi connectivity index (χ1n) is 8.38. The van der Waals surface area contributed by atoms with Crippen molar-refractivity contribution >= 4 is 23.0 Å². The van der Waals surface area contributed by atoms with Crippen molar-refractivity contribution in [3.8, 4) is 0 Å². The second-order valence-electron chi connectivity index (χ2n) is 6.38. The maximum atomic E-state index is 13.8. The minimum absolute atomic E-state index is 0.167. The first-order valence-corrected chi connectivity index (χ1v) is 8.78. The number of hydrogen-bond acceptors (Lipinski definition) is 3. The van der Waals surface area contributed by atoms with Crippen molar-refractivity contribution in [3.05, 3.63) is 83.3 Å². The first kappa shape index (κ1) is 16.7. The molecule has 1 fully saturated rings. The summed E-state index contributed by atoms with van der Waals surface area (Å²) in [5.74, 6) is 1.37. The molecule has 1 aliphatic rings. The van der Waals surface area contributed by atoms with E-state index in [0.717, 1.165) is 22.9 Å². The van der Waals surface area contributed by atoms with Crippen LogP contribution in [0.3, 0.4) is 0 Å². The Morgan fingerprint density at radius 2 is 2.00 bits per heavy atom. The van der Waals surface area contributed by atoms with Crippen molar-refractivity contribution in [1.29, 1.82) is 0 Å². The molecule has 2 atom stereocenters. The standard InChI is InChI=1S/C20H18FN3OS/c1-12-11-14(7-8-15(12)21)24-19(17-9-6-13(2)25-17)18(23-20(24)26)16-5-3-4-10-22-16/h3-11,18-19H,1-2H3,(H,23,26). The molecule has 1 aromatic carbocycles. The van der Waals surface area contributed by atoms with Crippen molar-refractivity contribution in [2.75, 3.05) is 4.90 Å². The molecule has 0 radical (unpaired) electrons. The van der Waals surface area contributed by atoms with Gasteiger partial charge in [0.25, 0.3) is 0 Å². The molecule has 4 rings (SSSR count). The van der Waals surface area contributed by atoms with Crippen LogP contribution in [0, 0.1) is 19.7 Å². The number of pyridine rings is 1. The molecule has 1 saturated heterocycles. The molecular formula is C20H18FN3OS. The van der Waals surface area contributed by atoms with E-state index in [2.05, 4.69) is 10.3 Å². The van der Waals surface area contributed by atoms with E-state index >= 15 is 0 Å². The molecule has 0 spiro atoms. The lowest BCUT2D eigenvalue weighted by Crippen LogP contribution is -2.29. The van der Waals surface area contributed by atoms with Crippen LogP contribution in [0.2, 0.25) is 0 Å². The molecule has 3 aromatic rings. The van der Waals surface area contributed by atoms with E-state index in [4.69, 9.17) is 16.6 Å². The van der Waals surface area contributed by atoms with Crippen molar-refractivity contribution < 1.29 is 8.81 Å². The van der Waals surface area contributed by atoms with Crippen LogP contribution in [0.4, 0.5) is 10.1 Å². The van der Waals surface area contributed by atoms with Gasteiger partial charge in [-0.15, -0.1) is 0 Å².